The topological polar surface area (TPSA) is 197 Å². The number of hydrogen-bond donors (Lipinski definition) is 3. The molecule has 1 saturated heterocycles. The van der Waals surface area contributed by atoms with E-state index in [1.54, 1.807) is 4.90 Å². The van der Waals surface area contributed by atoms with E-state index in [9.17, 15) is 38.7 Å². The number of nitroso groups, excluding NO2 is 1. The molecule has 1 aromatic heterocycles. The van der Waals surface area contributed by atoms with E-state index in [0.717, 1.165) is 30.6 Å². The van der Waals surface area contributed by atoms with Gasteiger partial charge in [0.1, 0.15) is 17.9 Å². The first-order valence-corrected chi connectivity index (χ1v) is 13.2. The summed E-state index contributed by atoms with van der Waals surface area (Å²) in [4.78, 5) is 69.2. The molecule has 42 heavy (non-hydrogen) atoms. The Morgan fingerprint density at radius 1 is 1.33 bits per heavy atom. The van der Waals surface area contributed by atoms with Gasteiger partial charge in [-0.2, -0.15) is 0 Å². The monoisotopic (exact) mass is 621 g/mol. The molecule has 0 radical (unpaired) electrons. The van der Waals surface area contributed by atoms with Gasteiger partial charge in [0.15, 0.2) is 10.8 Å². The van der Waals surface area contributed by atoms with Crippen molar-refractivity contribution in [2.24, 2.45) is 10.2 Å². The Morgan fingerprint density at radius 3 is 2.74 bits per heavy atom. The SMILES string of the molecule is COC(=O)C1=C(CN2CCOC[C@H]2C(=O)O)NC(c2nc(/C(=C/C(=O)N=O)C(=O)O)cs2)=N[C@H]1c1ccc(F)cc1Cl. The number of carboxylic acids is 2. The van der Waals surface area contributed by atoms with Crippen LogP contribution in [0, 0.1) is 10.7 Å². The Labute approximate surface area is 245 Å². The van der Waals surface area contributed by atoms with E-state index in [1.807, 2.05) is 0 Å². The van der Waals surface area contributed by atoms with Crippen LogP contribution in [0.3, 0.4) is 0 Å². The molecule has 1 aromatic carbocycles. The number of aromatic nitrogens is 1. The average molecular weight is 622 g/mol. The molecule has 0 saturated carbocycles. The van der Waals surface area contributed by atoms with Gasteiger partial charge in [-0.25, -0.2) is 19.0 Å². The van der Waals surface area contributed by atoms with E-state index in [0.29, 0.717) is 6.08 Å². The van der Waals surface area contributed by atoms with Crippen LogP contribution in [0.15, 0.2) is 51.1 Å². The number of rotatable bonds is 9. The van der Waals surface area contributed by atoms with Crippen molar-refractivity contribution in [3.05, 3.63) is 72.9 Å². The molecule has 0 aliphatic carbocycles. The lowest BCUT2D eigenvalue weighted by Gasteiger charge is -2.35. The van der Waals surface area contributed by atoms with Gasteiger partial charge in [-0.3, -0.25) is 19.5 Å². The number of methoxy groups -OCH3 is 1. The minimum absolute atomic E-state index is 0.0315. The number of nitrogens with one attached hydrogen (secondary N) is 1. The highest BCUT2D eigenvalue weighted by atomic mass is 35.5. The number of amidine groups is 1. The number of benzene rings is 1. The minimum atomic E-state index is -1.54. The fourth-order valence-corrected chi connectivity index (χ4v) is 5.33. The van der Waals surface area contributed by atoms with E-state index < -0.39 is 47.3 Å². The Balaban J connectivity index is 1.85. The zero-order valence-electron chi connectivity index (χ0n) is 21.6. The molecule has 14 nitrogen and oxygen atoms in total. The van der Waals surface area contributed by atoms with Gasteiger partial charge in [-0.05, 0) is 12.1 Å². The molecule has 1 amide bonds. The van der Waals surface area contributed by atoms with Crippen molar-refractivity contribution >= 4 is 58.2 Å². The third-order valence-electron chi connectivity index (χ3n) is 6.24. The van der Waals surface area contributed by atoms with Crippen LogP contribution in [0.2, 0.25) is 5.02 Å². The summed E-state index contributed by atoms with van der Waals surface area (Å²) in [5.74, 6) is -5.44. The normalized spacial score (nSPS) is 19.5. The predicted molar refractivity (Wildman–Crippen MR) is 145 cm³/mol. The average Bonchev–Trinajstić information content (AvgIpc) is 3.45. The zero-order chi connectivity index (χ0) is 30.6. The van der Waals surface area contributed by atoms with Crippen LogP contribution in [0.5, 0.6) is 0 Å². The van der Waals surface area contributed by atoms with Crippen molar-refractivity contribution in [2.75, 3.05) is 33.4 Å². The Kier molecular flexibility index (Phi) is 9.52. The molecule has 3 heterocycles. The quantitative estimate of drug-likeness (QED) is 0.209. The van der Waals surface area contributed by atoms with Crippen LogP contribution in [-0.2, 0) is 28.7 Å². The molecular formula is C25H21ClFN5O9S. The molecule has 0 bridgehead atoms. The Bertz CT molecular complexity index is 1560. The highest BCUT2D eigenvalue weighted by Gasteiger charge is 2.37. The number of nitrogens with zero attached hydrogens (tertiary/aromatic N) is 4. The molecule has 2 aromatic rings. The second-order valence-electron chi connectivity index (χ2n) is 8.78. The number of aliphatic carboxylic acids is 2. The molecular weight excluding hydrogens is 601 g/mol. The number of thiazole rings is 1. The van der Waals surface area contributed by atoms with Gasteiger partial charge in [-0.15, -0.1) is 16.2 Å². The van der Waals surface area contributed by atoms with Crippen LogP contribution >= 0.6 is 22.9 Å². The Hall–Kier alpha value is -4.38. The number of amides is 1. The maximum atomic E-state index is 13.9. The second kappa shape index (κ2) is 13.1. The lowest BCUT2D eigenvalue weighted by atomic mass is 9.95. The summed E-state index contributed by atoms with van der Waals surface area (Å²) in [7, 11) is 1.15. The maximum absolute atomic E-state index is 13.9. The van der Waals surface area contributed by atoms with Crippen molar-refractivity contribution in [1.82, 2.24) is 15.2 Å². The highest BCUT2D eigenvalue weighted by Crippen LogP contribution is 2.37. The lowest BCUT2D eigenvalue weighted by Crippen LogP contribution is -2.52. The first kappa shape index (κ1) is 30.6. The van der Waals surface area contributed by atoms with Gasteiger partial charge in [-0.1, -0.05) is 17.7 Å². The lowest BCUT2D eigenvalue weighted by molar-refractivity contribution is -0.149. The number of hydrogen-bond acceptors (Lipinski definition) is 12. The fraction of sp³-hybridized carbons (Fsp3) is 0.280. The van der Waals surface area contributed by atoms with Gasteiger partial charge < -0.3 is 25.0 Å². The summed E-state index contributed by atoms with van der Waals surface area (Å²) in [5, 5.41) is 25.8. The molecule has 0 spiro atoms. The number of morpholine rings is 1. The van der Waals surface area contributed by atoms with E-state index >= 15 is 0 Å². The summed E-state index contributed by atoms with van der Waals surface area (Å²) in [6, 6.07) is 1.28. The highest BCUT2D eigenvalue weighted by molar-refractivity contribution is 7.12. The third kappa shape index (κ3) is 6.57. The molecule has 0 unspecified atom stereocenters. The van der Waals surface area contributed by atoms with Gasteiger partial charge >= 0.3 is 23.8 Å². The number of ether oxygens (including phenoxy) is 2. The number of esters is 1. The van der Waals surface area contributed by atoms with E-state index in [-0.39, 0.29) is 64.7 Å². The summed E-state index contributed by atoms with van der Waals surface area (Å²) in [6.07, 6.45) is 0.524. The first-order chi connectivity index (χ1) is 20.0. The Morgan fingerprint density at radius 2 is 2.10 bits per heavy atom. The number of halogens is 2. The molecule has 2 atom stereocenters. The zero-order valence-corrected chi connectivity index (χ0v) is 23.1. The molecule has 3 N–H and O–H groups in total. The van der Waals surface area contributed by atoms with Gasteiger partial charge in [0, 0.05) is 46.0 Å². The third-order valence-corrected chi connectivity index (χ3v) is 7.42. The van der Waals surface area contributed by atoms with Crippen LogP contribution in [0.4, 0.5) is 4.39 Å². The molecule has 1 fully saturated rings. The van der Waals surface area contributed by atoms with Crippen molar-refractivity contribution in [1.29, 1.82) is 0 Å². The fourth-order valence-electron chi connectivity index (χ4n) is 4.29. The second-order valence-corrected chi connectivity index (χ2v) is 10.1. The van der Waals surface area contributed by atoms with E-state index in [2.05, 4.69) is 20.5 Å². The van der Waals surface area contributed by atoms with Crippen molar-refractivity contribution < 1.29 is 43.3 Å². The maximum Gasteiger partial charge on any atom is 0.338 e. The van der Waals surface area contributed by atoms with Crippen LogP contribution in [0.1, 0.15) is 22.3 Å². The van der Waals surface area contributed by atoms with E-state index in [1.165, 1.54) is 11.4 Å². The molecule has 220 valence electrons. The summed E-state index contributed by atoms with van der Waals surface area (Å²) >= 11 is 7.28. The van der Waals surface area contributed by atoms with Crippen LogP contribution < -0.4 is 5.32 Å². The van der Waals surface area contributed by atoms with E-state index in [4.69, 9.17) is 21.1 Å². The number of aliphatic imine (C=N–C) groups is 1. The predicted octanol–water partition coefficient (Wildman–Crippen LogP) is 2.00. The summed E-state index contributed by atoms with van der Waals surface area (Å²) in [6.45, 7) is 0.223. The number of carbonyl (C=O) groups is 4. The molecule has 4 rings (SSSR count). The molecule has 17 heteroatoms. The number of carboxylic acid groups (broad SMARTS) is 2. The first-order valence-electron chi connectivity index (χ1n) is 12.0. The van der Waals surface area contributed by atoms with Crippen molar-refractivity contribution in [2.45, 2.75) is 12.1 Å². The van der Waals surface area contributed by atoms with Gasteiger partial charge in [0.05, 0.1) is 37.2 Å². The minimum Gasteiger partial charge on any atom is -0.480 e. The van der Waals surface area contributed by atoms with Crippen molar-refractivity contribution in [3.63, 3.8) is 0 Å². The smallest absolute Gasteiger partial charge is 0.338 e. The summed E-state index contributed by atoms with van der Waals surface area (Å²) in [5.41, 5.74) is -0.409. The summed E-state index contributed by atoms with van der Waals surface area (Å²) < 4.78 is 24.2. The number of carbonyl (C=O) groups excluding carboxylic acids is 2. The molecule has 2 aliphatic rings. The van der Waals surface area contributed by atoms with Crippen molar-refractivity contribution in [3.8, 4) is 0 Å². The largest absolute Gasteiger partial charge is 0.480 e. The van der Waals surface area contributed by atoms with Crippen LogP contribution in [0.25, 0.3) is 5.57 Å². The van der Waals surface area contributed by atoms with Gasteiger partial charge in [0.25, 0.3) is 0 Å². The van der Waals surface area contributed by atoms with Crippen LogP contribution in [-0.4, -0.2) is 89.2 Å². The molecule has 2 aliphatic heterocycles. The standard InChI is InChI=1S/C25H21ClFN5O9S/c1-40-25(38)19-15(8-32-4-5-41-9-17(32)24(36)37)28-21(30-20(19)12-3-2-11(27)6-14(12)26)22-29-16(10-42-22)13(23(34)35)7-18(33)31-39/h2-3,6-7,10,17,20H,4-5,8-9H2,1H3,(H,28,30)(H,34,35)(H,36,37)/b13-7-/t17-,20-/m0/s1. The van der Waals surface area contributed by atoms with Gasteiger partial charge in [0.2, 0.25) is 0 Å².